The van der Waals surface area contributed by atoms with E-state index in [0.29, 0.717) is 6.04 Å². The van der Waals surface area contributed by atoms with Gasteiger partial charge in [-0.05, 0) is 44.0 Å². The van der Waals surface area contributed by atoms with E-state index in [1.165, 1.54) is 24.1 Å². The fourth-order valence-electron chi connectivity index (χ4n) is 4.27. The molecule has 2 aliphatic rings. The summed E-state index contributed by atoms with van der Waals surface area (Å²) in [5.74, 6) is 0.781. The average molecular weight is 366 g/mol. The van der Waals surface area contributed by atoms with Gasteiger partial charge >= 0.3 is 0 Å². The summed E-state index contributed by atoms with van der Waals surface area (Å²) in [5, 5.41) is 18.0. The monoisotopic (exact) mass is 366 g/mol. The molecule has 0 saturated carbocycles. The second-order valence-corrected chi connectivity index (χ2v) is 8.36. The first kappa shape index (κ1) is 16.0. The summed E-state index contributed by atoms with van der Waals surface area (Å²) in [4.78, 5) is 4.91. The average Bonchev–Trinajstić information content (AvgIpc) is 3.41. The van der Waals surface area contributed by atoms with Gasteiger partial charge in [-0.2, -0.15) is 5.10 Å². The Hall–Kier alpha value is -2.25. The van der Waals surface area contributed by atoms with Gasteiger partial charge in [-0.15, -0.1) is 10.2 Å². The van der Waals surface area contributed by atoms with Crippen LogP contribution in [-0.4, -0.2) is 58.0 Å². The van der Waals surface area contributed by atoms with E-state index in [1.807, 2.05) is 12.4 Å². The van der Waals surface area contributed by atoms with Crippen molar-refractivity contribution < 1.29 is 0 Å². The van der Waals surface area contributed by atoms with Gasteiger partial charge < -0.3 is 9.80 Å². The van der Waals surface area contributed by atoms with Crippen molar-refractivity contribution in [2.75, 3.05) is 31.6 Å². The van der Waals surface area contributed by atoms with Crippen LogP contribution in [-0.2, 0) is 0 Å². The van der Waals surface area contributed by atoms with Crippen LogP contribution in [0.3, 0.4) is 0 Å². The molecule has 2 aromatic heterocycles. The minimum absolute atomic E-state index is 0.679. The van der Waals surface area contributed by atoms with Crippen LogP contribution < -0.4 is 4.90 Å². The minimum atomic E-state index is 0.679. The Morgan fingerprint density at radius 3 is 2.88 bits per heavy atom. The molecule has 26 heavy (non-hydrogen) atoms. The van der Waals surface area contributed by atoms with Crippen LogP contribution in [0.4, 0.5) is 5.13 Å². The van der Waals surface area contributed by atoms with Gasteiger partial charge in [0, 0.05) is 36.5 Å². The molecule has 2 saturated heterocycles. The van der Waals surface area contributed by atoms with Crippen molar-refractivity contribution in [2.45, 2.75) is 19.4 Å². The smallest absolute Gasteiger partial charge is 0.208 e. The SMILES string of the molecule is Cc1cc(-c2cn[nH]c2)ccc1-c1nnc(N2C[C@H]3CCN(C)[C@H]3C2)s1. The van der Waals surface area contributed by atoms with Crippen LogP contribution in [0.2, 0.25) is 0 Å². The van der Waals surface area contributed by atoms with E-state index in [2.05, 4.69) is 62.4 Å². The molecule has 7 heteroatoms. The van der Waals surface area contributed by atoms with Gasteiger partial charge in [-0.25, -0.2) is 0 Å². The highest BCUT2D eigenvalue weighted by atomic mass is 32.1. The first-order valence-corrected chi connectivity index (χ1v) is 9.89. The normalized spacial score (nSPS) is 22.9. The summed E-state index contributed by atoms with van der Waals surface area (Å²) in [6, 6.07) is 7.15. The second kappa shape index (κ2) is 6.17. The van der Waals surface area contributed by atoms with E-state index in [9.17, 15) is 0 Å². The molecule has 1 N–H and O–H groups in total. The summed E-state index contributed by atoms with van der Waals surface area (Å²) in [5.41, 5.74) is 4.65. The summed E-state index contributed by atoms with van der Waals surface area (Å²) >= 11 is 1.71. The van der Waals surface area contributed by atoms with E-state index < -0.39 is 0 Å². The lowest BCUT2D eigenvalue weighted by Gasteiger charge is -2.19. The third kappa shape index (κ3) is 2.62. The van der Waals surface area contributed by atoms with Crippen LogP contribution in [0.5, 0.6) is 0 Å². The van der Waals surface area contributed by atoms with Crippen LogP contribution in [0.15, 0.2) is 30.6 Å². The van der Waals surface area contributed by atoms with E-state index >= 15 is 0 Å². The van der Waals surface area contributed by atoms with Crippen molar-refractivity contribution in [3.8, 4) is 21.7 Å². The predicted molar refractivity (Wildman–Crippen MR) is 104 cm³/mol. The zero-order chi connectivity index (χ0) is 17.7. The highest BCUT2D eigenvalue weighted by Crippen LogP contribution is 2.37. The van der Waals surface area contributed by atoms with Gasteiger partial charge in [0.15, 0.2) is 0 Å². The number of likely N-dealkylation sites (tertiary alicyclic amines) is 1. The highest BCUT2D eigenvalue weighted by Gasteiger charge is 2.40. The van der Waals surface area contributed by atoms with Crippen molar-refractivity contribution in [3.05, 3.63) is 36.2 Å². The number of aromatic amines is 1. The summed E-state index contributed by atoms with van der Waals surface area (Å²) < 4.78 is 0. The number of fused-ring (bicyclic) bond motifs is 1. The van der Waals surface area contributed by atoms with E-state index in [4.69, 9.17) is 0 Å². The van der Waals surface area contributed by atoms with Gasteiger partial charge in [-0.1, -0.05) is 29.5 Å². The van der Waals surface area contributed by atoms with Gasteiger partial charge in [0.05, 0.1) is 6.20 Å². The fourth-order valence-corrected chi connectivity index (χ4v) is 5.23. The highest BCUT2D eigenvalue weighted by molar-refractivity contribution is 7.18. The van der Waals surface area contributed by atoms with Crippen molar-refractivity contribution in [1.29, 1.82) is 0 Å². The van der Waals surface area contributed by atoms with Gasteiger partial charge in [0.1, 0.15) is 5.01 Å². The number of hydrogen-bond donors (Lipinski definition) is 1. The molecule has 5 rings (SSSR count). The number of benzene rings is 1. The van der Waals surface area contributed by atoms with Crippen LogP contribution >= 0.6 is 11.3 Å². The van der Waals surface area contributed by atoms with Crippen LogP contribution in [0, 0.1) is 12.8 Å². The Balaban J connectivity index is 1.39. The van der Waals surface area contributed by atoms with Crippen LogP contribution in [0.1, 0.15) is 12.0 Å². The van der Waals surface area contributed by atoms with E-state index in [0.717, 1.165) is 40.3 Å². The third-order valence-corrected chi connectivity index (χ3v) is 6.82. The number of H-pyrrole nitrogens is 1. The Labute approximate surface area is 156 Å². The van der Waals surface area contributed by atoms with Crippen molar-refractivity contribution in [3.63, 3.8) is 0 Å². The number of aromatic nitrogens is 4. The molecule has 3 aromatic rings. The summed E-state index contributed by atoms with van der Waals surface area (Å²) in [6.07, 6.45) is 5.06. The molecule has 134 valence electrons. The van der Waals surface area contributed by atoms with E-state index in [1.54, 1.807) is 11.3 Å². The standard InChI is InChI=1S/C19H22N6S/c1-12-7-13(15-8-20-21-9-15)3-4-16(12)18-22-23-19(26-18)25-10-14-5-6-24(2)17(14)11-25/h3-4,7-9,14,17H,5-6,10-11H2,1-2H3,(H,20,21)/t14-,17+/m1/s1. The van der Waals surface area contributed by atoms with E-state index in [-0.39, 0.29) is 0 Å². The molecular formula is C19H22N6S. The van der Waals surface area contributed by atoms with Crippen LogP contribution in [0.25, 0.3) is 21.7 Å². The number of hydrogen-bond acceptors (Lipinski definition) is 6. The maximum absolute atomic E-state index is 4.50. The topological polar surface area (TPSA) is 60.9 Å². The quantitative estimate of drug-likeness (QED) is 0.772. The maximum Gasteiger partial charge on any atom is 0.208 e. The largest absolute Gasteiger partial charge is 0.345 e. The molecule has 4 heterocycles. The third-order valence-electron chi connectivity index (χ3n) is 5.80. The number of rotatable bonds is 3. The molecule has 2 aliphatic heterocycles. The minimum Gasteiger partial charge on any atom is -0.345 e. The molecule has 6 nitrogen and oxygen atoms in total. The Morgan fingerprint density at radius 1 is 1.19 bits per heavy atom. The molecule has 0 radical (unpaired) electrons. The lowest BCUT2D eigenvalue weighted by Crippen LogP contribution is -2.32. The molecule has 2 atom stereocenters. The van der Waals surface area contributed by atoms with Crippen molar-refractivity contribution >= 4 is 16.5 Å². The molecule has 2 fully saturated rings. The number of nitrogens with zero attached hydrogens (tertiary/aromatic N) is 5. The predicted octanol–water partition coefficient (Wildman–Crippen LogP) is 3.04. The molecule has 0 bridgehead atoms. The van der Waals surface area contributed by atoms with Crippen molar-refractivity contribution in [1.82, 2.24) is 25.3 Å². The summed E-state index contributed by atoms with van der Waals surface area (Å²) in [7, 11) is 2.24. The second-order valence-electron chi connectivity index (χ2n) is 7.41. The maximum atomic E-state index is 4.50. The molecular weight excluding hydrogens is 344 g/mol. The zero-order valence-corrected chi connectivity index (χ0v) is 15.8. The molecule has 0 amide bonds. The first-order valence-electron chi connectivity index (χ1n) is 9.08. The number of aryl methyl sites for hydroxylation is 1. The first-order chi connectivity index (χ1) is 12.7. The van der Waals surface area contributed by atoms with Gasteiger partial charge in [-0.3, -0.25) is 5.10 Å². The fraction of sp³-hybridized carbons (Fsp3) is 0.421. The molecule has 0 spiro atoms. The molecule has 0 unspecified atom stereocenters. The number of anilines is 1. The Kier molecular flexibility index (Phi) is 3.79. The summed E-state index contributed by atoms with van der Waals surface area (Å²) in [6.45, 7) is 5.55. The number of nitrogens with one attached hydrogen (secondary N) is 1. The number of likely N-dealkylation sites (N-methyl/N-ethyl adjacent to an activating group) is 1. The lowest BCUT2D eigenvalue weighted by atomic mass is 10.0. The van der Waals surface area contributed by atoms with Gasteiger partial charge in [0.2, 0.25) is 5.13 Å². The van der Waals surface area contributed by atoms with Crippen molar-refractivity contribution in [2.24, 2.45) is 5.92 Å². The molecule has 0 aliphatic carbocycles. The Bertz CT molecular complexity index is 918. The van der Waals surface area contributed by atoms with Gasteiger partial charge in [0.25, 0.3) is 0 Å². The zero-order valence-electron chi connectivity index (χ0n) is 15.0. The lowest BCUT2D eigenvalue weighted by molar-refractivity contribution is 0.310. The molecule has 1 aromatic carbocycles. The Morgan fingerprint density at radius 2 is 2.12 bits per heavy atom.